The summed E-state index contributed by atoms with van der Waals surface area (Å²) in [6.45, 7) is 0. The standard InChI is InChI=1S/C8H4F2N2O3S/c9-7(10)16-8-11-5-3-4(12(13)14)1-2-6(5)15-8/h1-3,7H. The molecule has 0 radical (unpaired) electrons. The van der Waals surface area contributed by atoms with Crippen LogP contribution in [0.1, 0.15) is 0 Å². The normalized spacial score (nSPS) is 11.2. The van der Waals surface area contributed by atoms with E-state index in [1.54, 1.807) is 0 Å². The lowest BCUT2D eigenvalue weighted by atomic mass is 10.3. The smallest absolute Gasteiger partial charge is 0.293 e. The first-order chi connectivity index (χ1) is 7.56. The van der Waals surface area contributed by atoms with Gasteiger partial charge in [0, 0.05) is 23.9 Å². The molecule has 0 bridgehead atoms. The zero-order valence-corrected chi connectivity index (χ0v) is 8.41. The molecule has 0 atom stereocenters. The van der Waals surface area contributed by atoms with Gasteiger partial charge in [-0.1, -0.05) is 0 Å². The van der Waals surface area contributed by atoms with Crippen molar-refractivity contribution >= 4 is 28.5 Å². The minimum Gasteiger partial charge on any atom is -0.431 e. The number of fused-ring (bicyclic) bond motifs is 1. The second-order valence-electron chi connectivity index (χ2n) is 2.77. The van der Waals surface area contributed by atoms with E-state index in [4.69, 9.17) is 4.42 Å². The van der Waals surface area contributed by atoms with Crippen molar-refractivity contribution in [3.8, 4) is 0 Å². The summed E-state index contributed by atoms with van der Waals surface area (Å²) in [5.41, 5.74) is 0.278. The second-order valence-corrected chi connectivity index (χ2v) is 3.71. The molecule has 2 aromatic rings. The molecule has 2 rings (SSSR count). The highest BCUT2D eigenvalue weighted by molar-refractivity contribution is 7.99. The topological polar surface area (TPSA) is 69.2 Å². The third-order valence-corrected chi connectivity index (χ3v) is 2.31. The highest BCUT2D eigenvalue weighted by Crippen LogP contribution is 2.29. The number of nitro benzene ring substituents is 1. The Balaban J connectivity index is 2.42. The van der Waals surface area contributed by atoms with E-state index in [0.717, 1.165) is 0 Å². The molecule has 5 nitrogen and oxygen atoms in total. The van der Waals surface area contributed by atoms with Crippen molar-refractivity contribution in [2.45, 2.75) is 11.0 Å². The molecule has 1 aromatic carbocycles. The van der Waals surface area contributed by atoms with Crippen LogP contribution in [-0.2, 0) is 0 Å². The van der Waals surface area contributed by atoms with Gasteiger partial charge in [0.15, 0.2) is 5.58 Å². The Morgan fingerprint density at radius 1 is 1.50 bits per heavy atom. The summed E-state index contributed by atoms with van der Waals surface area (Å²) in [6, 6.07) is 3.73. The number of oxazole rings is 1. The van der Waals surface area contributed by atoms with Crippen LogP contribution < -0.4 is 0 Å². The molecule has 0 aliphatic carbocycles. The van der Waals surface area contributed by atoms with Gasteiger partial charge >= 0.3 is 0 Å². The summed E-state index contributed by atoms with van der Waals surface area (Å²) in [4.78, 5) is 13.6. The predicted octanol–water partition coefficient (Wildman–Crippen LogP) is 3.05. The van der Waals surface area contributed by atoms with E-state index in [0.29, 0.717) is 0 Å². The number of aromatic nitrogens is 1. The average molecular weight is 246 g/mol. The van der Waals surface area contributed by atoms with Gasteiger partial charge in [0.25, 0.3) is 16.7 Å². The fourth-order valence-corrected chi connectivity index (χ4v) is 1.58. The number of nitrogens with zero attached hydrogens (tertiary/aromatic N) is 2. The molecule has 16 heavy (non-hydrogen) atoms. The van der Waals surface area contributed by atoms with E-state index in [1.807, 2.05) is 0 Å². The van der Waals surface area contributed by atoms with Crippen LogP contribution in [0.15, 0.2) is 27.8 Å². The van der Waals surface area contributed by atoms with E-state index in [1.165, 1.54) is 18.2 Å². The second kappa shape index (κ2) is 4.05. The maximum atomic E-state index is 12.0. The molecule has 0 aliphatic heterocycles. The van der Waals surface area contributed by atoms with E-state index < -0.39 is 10.7 Å². The van der Waals surface area contributed by atoms with Crippen LogP contribution in [-0.4, -0.2) is 15.7 Å². The van der Waals surface area contributed by atoms with E-state index >= 15 is 0 Å². The lowest BCUT2D eigenvalue weighted by Gasteiger charge is -1.89. The Bertz CT molecular complexity index is 543. The van der Waals surface area contributed by atoms with Crippen molar-refractivity contribution in [3.63, 3.8) is 0 Å². The summed E-state index contributed by atoms with van der Waals surface area (Å²) >= 11 is 0.157. The highest BCUT2D eigenvalue weighted by atomic mass is 32.2. The summed E-state index contributed by atoms with van der Waals surface area (Å²) in [7, 11) is 0. The zero-order valence-electron chi connectivity index (χ0n) is 7.59. The first kappa shape index (κ1) is 10.8. The molecule has 0 unspecified atom stereocenters. The van der Waals surface area contributed by atoms with Crippen molar-refractivity contribution in [1.82, 2.24) is 4.98 Å². The largest absolute Gasteiger partial charge is 0.431 e. The number of benzene rings is 1. The van der Waals surface area contributed by atoms with Crippen LogP contribution in [0.3, 0.4) is 0 Å². The lowest BCUT2D eigenvalue weighted by Crippen LogP contribution is -1.86. The maximum Gasteiger partial charge on any atom is 0.293 e. The Morgan fingerprint density at radius 3 is 2.88 bits per heavy atom. The van der Waals surface area contributed by atoms with Gasteiger partial charge in [0.2, 0.25) is 0 Å². The van der Waals surface area contributed by atoms with Crippen LogP contribution in [0.2, 0.25) is 0 Å². The van der Waals surface area contributed by atoms with Crippen LogP contribution in [0.5, 0.6) is 0 Å². The number of halogens is 2. The summed E-state index contributed by atoms with van der Waals surface area (Å²) in [6.07, 6.45) is 0. The van der Waals surface area contributed by atoms with Crippen LogP contribution >= 0.6 is 11.8 Å². The predicted molar refractivity (Wildman–Crippen MR) is 52.5 cm³/mol. The van der Waals surface area contributed by atoms with Gasteiger partial charge in [0.1, 0.15) is 5.52 Å². The molecule has 0 saturated heterocycles. The number of non-ortho nitro benzene ring substituents is 1. The Hall–Kier alpha value is -1.70. The fourth-order valence-electron chi connectivity index (χ4n) is 1.13. The first-order valence-corrected chi connectivity index (χ1v) is 4.94. The van der Waals surface area contributed by atoms with Crippen LogP contribution in [0.25, 0.3) is 11.1 Å². The minimum atomic E-state index is -2.64. The zero-order chi connectivity index (χ0) is 11.7. The van der Waals surface area contributed by atoms with Gasteiger partial charge < -0.3 is 4.42 Å². The first-order valence-electron chi connectivity index (χ1n) is 4.06. The number of thioether (sulfide) groups is 1. The molecular formula is C8H4F2N2O3S. The number of hydrogen-bond donors (Lipinski definition) is 0. The van der Waals surface area contributed by atoms with Gasteiger partial charge in [-0.05, 0) is 6.07 Å². The third kappa shape index (κ3) is 2.11. The maximum absolute atomic E-state index is 12.0. The Labute approximate surface area is 91.6 Å². The molecule has 8 heteroatoms. The van der Waals surface area contributed by atoms with Gasteiger partial charge in [-0.3, -0.25) is 10.1 Å². The van der Waals surface area contributed by atoms with Crippen molar-refractivity contribution in [1.29, 1.82) is 0 Å². The number of hydrogen-bond acceptors (Lipinski definition) is 5. The van der Waals surface area contributed by atoms with Crippen molar-refractivity contribution in [2.24, 2.45) is 0 Å². The fraction of sp³-hybridized carbons (Fsp3) is 0.125. The molecule has 1 heterocycles. The molecule has 0 aliphatic rings. The summed E-state index contributed by atoms with van der Waals surface area (Å²) in [5.74, 6) is -2.64. The van der Waals surface area contributed by atoms with Crippen LogP contribution in [0.4, 0.5) is 14.5 Å². The Kier molecular flexibility index (Phi) is 2.73. The van der Waals surface area contributed by atoms with Gasteiger partial charge in [0.05, 0.1) is 4.92 Å². The number of alkyl halides is 2. The summed E-state index contributed by atoms with van der Waals surface area (Å²) < 4.78 is 29.0. The van der Waals surface area contributed by atoms with E-state index in [9.17, 15) is 18.9 Å². The summed E-state index contributed by atoms with van der Waals surface area (Å²) in [5, 5.41) is 10.2. The van der Waals surface area contributed by atoms with Gasteiger partial charge in [-0.25, -0.2) is 4.98 Å². The number of rotatable bonds is 3. The molecule has 0 N–H and O–H groups in total. The molecule has 84 valence electrons. The van der Waals surface area contributed by atoms with Crippen molar-refractivity contribution in [3.05, 3.63) is 28.3 Å². The average Bonchev–Trinajstić information content (AvgIpc) is 2.56. The molecule has 0 fully saturated rings. The SMILES string of the molecule is O=[N+]([O-])c1ccc2oc(SC(F)F)nc2c1. The molecular weight excluding hydrogens is 242 g/mol. The monoisotopic (exact) mass is 246 g/mol. The molecule has 0 amide bonds. The molecule has 1 aromatic heterocycles. The third-order valence-electron chi connectivity index (χ3n) is 1.75. The van der Waals surface area contributed by atoms with Crippen molar-refractivity contribution < 1.29 is 18.1 Å². The van der Waals surface area contributed by atoms with E-state index in [2.05, 4.69) is 4.98 Å². The van der Waals surface area contributed by atoms with Gasteiger partial charge in [-0.15, -0.1) is 0 Å². The lowest BCUT2D eigenvalue weighted by molar-refractivity contribution is -0.384. The molecule has 0 spiro atoms. The van der Waals surface area contributed by atoms with Crippen molar-refractivity contribution in [2.75, 3.05) is 0 Å². The minimum absolute atomic E-state index is 0.157. The van der Waals surface area contributed by atoms with Crippen LogP contribution in [0, 0.1) is 10.1 Å². The molecule has 0 saturated carbocycles. The number of nitro groups is 1. The Morgan fingerprint density at radius 2 is 2.25 bits per heavy atom. The van der Waals surface area contributed by atoms with Gasteiger partial charge in [-0.2, -0.15) is 8.78 Å². The quantitative estimate of drug-likeness (QED) is 0.473. The van der Waals surface area contributed by atoms with E-state index in [-0.39, 0.29) is 33.8 Å². The highest BCUT2D eigenvalue weighted by Gasteiger charge is 2.14.